The molecule has 1 N–H and O–H groups in total. The zero-order chi connectivity index (χ0) is 13.3. The second-order valence-corrected chi connectivity index (χ2v) is 5.63. The van der Waals surface area contributed by atoms with Crippen molar-refractivity contribution in [1.29, 1.82) is 0 Å². The molecule has 0 fully saturated rings. The number of aliphatic hydroxyl groups excluding tert-OH is 1. The van der Waals surface area contributed by atoms with E-state index in [0.29, 0.717) is 5.92 Å². The summed E-state index contributed by atoms with van der Waals surface area (Å²) >= 11 is 3.46. The Kier molecular flexibility index (Phi) is 3.88. The Morgan fingerprint density at radius 1 is 1.22 bits per heavy atom. The Balaban J connectivity index is 2.51. The van der Waals surface area contributed by atoms with E-state index in [-0.39, 0.29) is 0 Å². The number of hydrogen-bond acceptors (Lipinski definition) is 2. The van der Waals surface area contributed by atoms with E-state index >= 15 is 0 Å². The lowest BCUT2D eigenvalue weighted by Crippen LogP contribution is -2.04. The summed E-state index contributed by atoms with van der Waals surface area (Å²) < 4.78 is 2.80. The number of aromatic nitrogens is 2. The fourth-order valence-corrected chi connectivity index (χ4v) is 2.20. The summed E-state index contributed by atoms with van der Waals surface area (Å²) in [6, 6.07) is 7.83. The minimum absolute atomic E-state index is 0.397. The van der Waals surface area contributed by atoms with Crippen molar-refractivity contribution in [2.24, 2.45) is 0 Å². The summed E-state index contributed by atoms with van der Waals surface area (Å²) in [4.78, 5) is 0. The van der Waals surface area contributed by atoms with Crippen LogP contribution in [-0.2, 0) is 0 Å². The van der Waals surface area contributed by atoms with Gasteiger partial charge in [-0.15, -0.1) is 0 Å². The maximum absolute atomic E-state index is 9.82. The van der Waals surface area contributed by atoms with Gasteiger partial charge in [0.15, 0.2) is 0 Å². The maximum Gasteiger partial charge on any atom is 0.0782 e. The third-order valence-electron chi connectivity index (χ3n) is 2.89. The molecule has 2 rings (SSSR count). The summed E-state index contributed by atoms with van der Waals surface area (Å²) in [6.45, 7) is 5.99. The topological polar surface area (TPSA) is 38.0 Å². The highest BCUT2D eigenvalue weighted by atomic mass is 79.9. The van der Waals surface area contributed by atoms with E-state index in [1.165, 1.54) is 0 Å². The molecular weight excluding hydrogens is 292 g/mol. The maximum atomic E-state index is 9.82. The van der Waals surface area contributed by atoms with Crippen molar-refractivity contribution in [3.05, 3.63) is 46.2 Å². The van der Waals surface area contributed by atoms with Crippen LogP contribution in [0.5, 0.6) is 0 Å². The first-order valence-corrected chi connectivity index (χ1v) is 6.82. The molecule has 2 aromatic rings. The monoisotopic (exact) mass is 308 g/mol. The van der Waals surface area contributed by atoms with Crippen molar-refractivity contribution in [1.82, 2.24) is 9.78 Å². The van der Waals surface area contributed by atoms with Crippen LogP contribution in [0.3, 0.4) is 0 Å². The molecule has 1 aromatic carbocycles. The lowest BCUT2D eigenvalue weighted by atomic mass is 10.1. The Bertz CT molecular complexity index is 546. The van der Waals surface area contributed by atoms with Gasteiger partial charge in [-0.2, -0.15) is 5.10 Å². The van der Waals surface area contributed by atoms with E-state index in [4.69, 9.17) is 0 Å². The molecule has 0 saturated carbocycles. The van der Waals surface area contributed by atoms with Crippen LogP contribution in [0.15, 0.2) is 34.9 Å². The Morgan fingerprint density at radius 2 is 1.94 bits per heavy atom. The second kappa shape index (κ2) is 5.24. The van der Waals surface area contributed by atoms with Crippen LogP contribution < -0.4 is 0 Å². The average Bonchev–Trinajstić information content (AvgIpc) is 2.77. The minimum atomic E-state index is -0.514. The van der Waals surface area contributed by atoms with Gasteiger partial charge < -0.3 is 5.11 Å². The van der Waals surface area contributed by atoms with Crippen molar-refractivity contribution >= 4 is 15.9 Å². The van der Waals surface area contributed by atoms with Gasteiger partial charge in [0.2, 0.25) is 0 Å². The molecule has 4 heteroatoms. The third-order valence-corrected chi connectivity index (χ3v) is 3.38. The fraction of sp³-hybridized carbons (Fsp3) is 0.357. The van der Waals surface area contributed by atoms with E-state index in [0.717, 1.165) is 21.4 Å². The van der Waals surface area contributed by atoms with E-state index in [9.17, 15) is 5.11 Å². The van der Waals surface area contributed by atoms with E-state index < -0.39 is 6.10 Å². The van der Waals surface area contributed by atoms with Crippen molar-refractivity contribution in [2.75, 3.05) is 0 Å². The van der Waals surface area contributed by atoms with Crippen molar-refractivity contribution in [3.8, 4) is 5.69 Å². The van der Waals surface area contributed by atoms with Crippen LogP contribution in [0.1, 0.15) is 44.1 Å². The zero-order valence-electron chi connectivity index (χ0n) is 10.8. The van der Waals surface area contributed by atoms with Gasteiger partial charge in [0.05, 0.1) is 17.5 Å². The molecule has 18 heavy (non-hydrogen) atoms. The first-order chi connectivity index (χ1) is 8.49. The molecule has 1 atom stereocenters. The average molecular weight is 309 g/mol. The van der Waals surface area contributed by atoms with Crippen molar-refractivity contribution in [3.63, 3.8) is 0 Å². The molecule has 0 saturated heterocycles. The van der Waals surface area contributed by atoms with E-state index in [1.807, 2.05) is 35.1 Å². The van der Waals surface area contributed by atoms with E-state index in [2.05, 4.69) is 34.9 Å². The van der Waals surface area contributed by atoms with Gasteiger partial charge in [0.1, 0.15) is 0 Å². The Hall–Kier alpha value is -1.13. The molecular formula is C14H17BrN2O. The molecule has 96 valence electrons. The first-order valence-electron chi connectivity index (χ1n) is 6.02. The van der Waals surface area contributed by atoms with Gasteiger partial charge in [-0.3, -0.25) is 0 Å². The van der Waals surface area contributed by atoms with Crippen LogP contribution in [-0.4, -0.2) is 14.9 Å². The van der Waals surface area contributed by atoms with Gasteiger partial charge in [-0.05, 0) is 31.0 Å². The summed E-state index contributed by atoms with van der Waals surface area (Å²) in [5.41, 5.74) is 2.83. The molecule has 0 aliphatic rings. The molecule has 1 aromatic heterocycles. The van der Waals surface area contributed by atoms with Crippen LogP contribution in [0, 0.1) is 0 Å². The zero-order valence-corrected chi connectivity index (χ0v) is 12.3. The molecule has 0 bridgehead atoms. The third kappa shape index (κ3) is 2.65. The van der Waals surface area contributed by atoms with Crippen molar-refractivity contribution < 1.29 is 5.11 Å². The summed E-state index contributed by atoms with van der Waals surface area (Å²) in [5, 5.41) is 14.4. The molecule has 0 aliphatic heterocycles. The molecule has 1 unspecified atom stereocenters. The number of rotatable bonds is 3. The Labute approximate surface area is 116 Å². The molecule has 0 radical (unpaired) electrons. The molecule has 0 amide bonds. The van der Waals surface area contributed by atoms with Crippen LogP contribution in [0.4, 0.5) is 0 Å². The summed E-state index contributed by atoms with van der Waals surface area (Å²) in [7, 11) is 0. The highest BCUT2D eigenvalue weighted by molar-refractivity contribution is 9.10. The smallest absolute Gasteiger partial charge is 0.0782 e. The van der Waals surface area contributed by atoms with E-state index in [1.54, 1.807) is 6.92 Å². The number of halogens is 1. The lowest BCUT2D eigenvalue weighted by Gasteiger charge is -2.12. The number of benzene rings is 1. The van der Waals surface area contributed by atoms with Gasteiger partial charge in [0, 0.05) is 16.2 Å². The van der Waals surface area contributed by atoms with Gasteiger partial charge in [-0.1, -0.05) is 35.8 Å². The molecule has 3 nitrogen and oxygen atoms in total. The SMILES string of the molecule is CC(C)c1ccn(-c2cc(Br)ccc2C(C)O)n1. The number of hydrogen-bond donors (Lipinski definition) is 1. The minimum Gasteiger partial charge on any atom is -0.389 e. The van der Waals surface area contributed by atoms with Crippen molar-refractivity contribution in [2.45, 2.75) is 32.8 Å². The highest BCUT2D eigenvalue weighted by Gasteiger charge is 2.12. The normalized spacial score (nSPS) is 13.0. The predicted molar refractivity (Wildman–Crippen MR) is 76.0 cm³/mol. The standard InChI is InChI=1S/C14H17BrN2O/c1-9(2)13-6-7-17(16-13)14-8-11(15)4-5-12(14)10(3)18/h4-10,18H,1-3H3. The number of aliphatic hydroxyl groups is 1. The summed E-state index contributed by atoms with van der Waals surface area (Å²) in [5.74, 6) is 0.397. The van der Waals surface area contributed by atoms with Crippen LogP contribution >= 0.6 is 15.9 Å². The van der Waals surface area contributed by atoms with Gasteiger partial charge in [-0.25, -0.2) is 4.68 Å². The fourth-order valence-electron chi connectivity index (χ4n) is 1.85. The molecule has 0 spiro atoms. The predicted octanol–water partition coefficient (Wildman–Crippen LogP) is 3.81. The van der Waals surface area contributed by atoms with Crippen LogP contribution in [0.2, 0.25) is 0 Å². The molecule has 1 heterocycles. The lowest BCUT2D eigenvalue weighted by molar-refractivity contribution is 0.199. The van der Waals surface area contributed by atoms with Gasteiger partial charge in [0.25, 0.3) is 0 Å². The molecule has 0 aliphatic carbocycles. The second-order valence-electron chi connectivity index (χ2n) is 4.72. The summed E-state index contributed by atoms with van der Waals surface area (Å²) in [6.07, 6.45) is 1.42. The quantitative estimate of drug-likeness (QED) is 0.936. The highest BCUT2D eigenvalue weighted by Crippen LogP contribution is 2.25. The van der Waals surface area contributed by atoms with Crippen LogP contribution in [0.25, 0.3) is 5.69 Å². The Morgan fingerprint density at radius 3 is 2.50 bits per heavy atom. The van der Waals surface area contributed by atoms with Gasteiger partial charge >= 0.3 is 0 Å². The number of nitrogens with zero attached hydrogens (tertiary/aromatic N) is 2. The first kappa shape index (κ1) is 13.3. The largest absolute Gasteiger partial charge is 0.389 e.